The van der Waals surface area contributed by atoms with Crippen LogP contribution in [0.4, 0.5) is 5.82 Å². The second-order valence-corrected chi connectivity index (χ2v) is 3.78. The lowest BCUT2D eigenvalue weighted by Crippen LogP contribution is -2.38. The van der Waals surface area contributed by atoms with Crippen molar-refractivity contribution in [2.24, 2.45) is 0 Å². The number of hydrogen-bond donors (Lipinski definition) is 3. The number of aromatic amines is 1. The zero-order valence-corrected chi connectivity index (χ0v) is 7.66. The molecular weight excluding hydrogens is 200 g/mol. The Morgan fingerprint density at radius 3 is 2.87 bits per heavy atom. The minimum atomic E-state index is -1.08. The number of hydrogen-bond acceptors (Lipinski definition) is 3. The number of carboxylic acids is 1. The van der Waals surface area contributed by atoms with Crippen LogP contribution in [0.2, 0.25) is 0 Å². The summed E-state index contributed by atoms with van der Waals surface area (Å²) in [6, 6.07) is 1.39. The van der Waals surface area contributed by atoms with Gasteiger partial charge in [-0.15, -0.1) is 0 Å². The summed E-state index contributed by atoms with van der Waals surface area (Å²) in [5, 5.41) is 11.4. The zero-order valence-electron chi connectivity index (χ0n) is 7.66. The largest absolute Gasteiger partial charge is 0.477 e. The number of anilines is 1. The van der Waals surface area contributed by atoms with Crippen molar-refractivity contribution in [1.29, 1.82) is 0 Å². The maximum Gasteiger partial charge on any atom is 0.352 e. The highest BCUT2D eigenvalue weighted by molar-refractivity contribution is 6.03. The maximum absolute atomic E-state index is 11.5. The summed E-state index contributed by atoms with van der Waals surface area (Å²) in [5.74, 6) is -0.541. The van der Waals surface area contributed by atoms with Gasteiger partial charge in [-0.05, 0) is 0 Å². The number of carbonyl (C=O) groups is 2. The molecule has 0 saturated heterocycles. The Morgan fingerprint density at radius 1 is 1.53 bits per heavy atom. The molecule has 2 heterocycles. The number of aromatic carboxylic acids is 1. The first-order valence-electron chi connectivity index (χ1n) is 4.57. The van der Waals surface area contributed by atoms with Crippen LogP contribution in [-0.4, -0.2) is 27.6 Å². The standard InChI is InChI=1S/C9H8N2O4/c12-7(13)4-3-5-6(10-4)11-8(14)9(15-5)1-2-9/h3,10H,1-2H2,(H,11,14)(H,12,13). The second-order valence-electron chi connectivity index (χ2n) is 3.78. The molecule has 1 aliphatic carbocycles. The number of nitrogens with one attached hydrogen (secondary N) is 2. The number of rotatable bonds is 1. The van der Waals surface area contributed by atoms with Crippen LogP contribution in [0.1, 0.15) is 23.3 Å². The van der Waals surface area contributed by atoms with E-state index in [9.17, 15) is 9.59 Å². The summed E-state index contributed by atoms with van der Waals surface area (Å²) < 4.78 is 5.47. The average Bonchev–Trinajstić information content (AvgIpc) is 2.81. The highest BCUT2D eigenvalue weighted by Crippen LogP contribution is 2.46. The Balaban J connectivity index is 2.02. The van der Waals surface area contributed by atoms with Crippen molar-refractivity contribution in [3.05, 3.63) is 11.8 Å². The molecule has 1 aromatic rings. The molecule has 0 unspecified atom stereocenters. The number of carboxylic acid groups (broad SMARTS) is 1. The SMILES string of the molecule is O=C(O)c1cc2c([nH]1)NC(=O)C1(CC1)O2. The molecule has 1 fully saturated rings. The summed E-state index contributed by atoms with van der Waals surface area (Å²) in [6.45, 7) is 0. The van der Waals surface area contributed by atoms with E-state index in [1.807, 2.05) is 0 Å². The van der Waals surface area contributed by atoms with Gasteiger partial charge in [0.1, 0.15) is 5.69 Å². The molecule has 3 N–H and O–H groups in total. The normalized spacial score (nSPS) is 20.4. The molecule has 15 heavy (non-hydrogen) atoms. The van der Waals surface area contributed by atoms with E-state index in [0.29, 0.717) is 24.4 Å². The molecule has 0 aromatic carbocycles. The average molecular weight is 208 g/mol. The highest BCUT2D eigenvalue weighted by Gasteiger charge is 2.55. The van der Waals surface area contributed by atoms with Gasteiger partial charge in [-0.25, -0.2) is 4.79 Å². The molecule has 0 radical (unpaired) electrons. The molecule has 6 heteroatoms. The van der Waals surface area contributed by atoms with Gasteiger partial charge in [0.25, 0.3) is 5.91 Å². The minimum absolute atomic E-state index is 0.0120. The topological polar surface area (TPSA) is 91.4 Å². The number of ether oxygens (including phenoxy) is 1. The van der Waals surface area contributed by atoms with Gasteiger partial charge in [0.2, 0.25) is 0 Å². The predicted molar refractivity (Wildman–Crippen MR) is 49.0 cm³/mol. The van der Waals surface area contributed by atoms with Crippen LogP contribution >= 0.6 is 0 Å². The molecule has 1 spiro atoms. The lowest BCUT2D eigenvalue weighted by molar-refractivity contribution is -0.125. The molecule has 1 saturated carbocycles. The smallest absolute Gasteiger partial charge is 0.352 e. The lowest BCUT2D eigenvalue weighted by atomic mass is 10.2. The van der Waals surface area contributed by atoms with Crippen molar-refractivity contribution in [2.45, 2.75) is 18.4 Å². The van der Waals surface area contributed by atoms with Crippen LogP contribution in [-0.2, 0) is 4.79 Å². The third-order valence-corrected chi connectivity index (χ3v) is 2.67. The van der Waals surface area contributed by atoms with Crippen molar-refractivity contribution in [2.75, 3.05) is 5.32 Å². The molecule has 1 aromatic heterocycles. The second kappa shape index (κ2) is 2.33. The van der Waals surface area contributed by atoms with E-state index in [0.717, 1.165) is 0 Å². The fraction of sp³-hybridized carbons (Fsp3) is 0.333. The van der Waals surface area contributed by atoms with Crippen LogP contribution in [0.3, 0.4) is 0 Å². The van der Waals surface area contributed by atoms with Gasteiger partial charge in [-0.2, -0.15) is 0 Å². The van der Waals surface area contributed by atoms with Gasteiger partial charge in [0.05, 0.1) is 0 Å². The zero-order chi connectivity index (χ0) is 10.6. The van der Waals surface area contributed by atoms with E-state index in [1.54, 1.807) is 0 Å². The Kier molecular flexibility index (Phi) is 1.30. The monoisotopic (exact) mass is 208 g/mol. The van der Waals surface area contributed by atoms with Crippen molar-refractivity contribution in [3.63, 3.8) is 0 Å². The van der Waals surface area contributed by atoms with Crippen LogP contribution in [0.15, 0.2) is 6.07 Å². The molecule has 0 bridgehead atoms. The number of fused-ring (bicyclic) bond motifs is 1. The summed E-state index contributed by atoms with van der Waals surface area (Å²) in [4.78, 5) is 24.8. The number of H-pyrrole nitrogens is 1. The Hall–Kier alpha value is -1.98. The summed E-state index contributed by atoms with van der Waals surface area (Å²) in [7, 11) is 0. The quantitative estimate of drug-likeness (QED) is 0.629. The third kappa shape index (κ3) is 1.04. The van der Waals surface area contributed by atoms with E-state index in [-0.39, 0.29) is 11.6 Å². The van der Waals surface area contributed by atoms with E-state index in [1.165, 1.54) is 6.07 Å². The van der Waals surface area contributed by atoms with E-state index in [4.69, 9.17) is 9.84 Å². The van der Waals surface area contributed by atoms with Crippen molar-refractivity contribution >= 4 is 17.7 Å². The van der Waals surface area contributed by atoms with Crippen molar-refractivity contribution in [3.8, 4) is 5.75 Å². The van der Waals surface area contributed by atoms with Gasteiger partial charge >= 0.3 is 5.97 Å². The molecule has 3 rings (SSSR count). The Labute approximate surface area is 84.2 Å². The summed E-state index contributed by atoms with van der Waals surface area (Å²) >= 11 is 0. The van der Waals surface area contributed by atoms with Gasteiger partial charge in [0.15, 0.2) is 17.2 Å². The molecule has 6 nitrogen and oxygen atoms in total. The molecular formula is C9H8N2O4. The van der Waals surface area contributed by atoms with Gasteiger partial charge in [-0.1, -0.05) is 0 Å². The van der Waals surface area contributed by atoms with E-state index >= 15 is 0 Å². The predicted octanol–water partition coefficient (Wildman–Crippen LogP) is 0.576. The minimum Gasteiger partial charge on any atom is -0.477 e. The maximum atomic E-state index is 11.5. The first-order valence-corrected chi connectivity index (χ1v) is 4.57. The van der Waals surface area contributed by atoms with E-state index in [2.05, 4.69) is 10.3 Å². The molecule has 2 aliphatic rings. The van der Waals surface area contributed by atoms with Gasteiger partial charge < -0.3 is 20.1 Å². The van der Waals surface area contributed by atoms with Gasteiger partial charge in [-0.3, -0.25) is 4.79 Å². The molecule has 1 amide bonds. The Bertz CT molecular complexity index is 472. The highest BCUT2D eigenvalue weighted by atomic mass is 16.5. The summed E-state index contributed by atoms with van der Waals surface area (Å²) in [6.07, 6.45) is 1.37. The van der Waals surface area contributed by atoms with Crippen molar-refractivity contribution < 1.29 is 19.4 Å². The Morgan fingerprint density at radius 2 is 2.27 bits per heavy atom. The molecule has 0 atom stereocenters. The van der Waals surface area contributed by atoms with Crippen LogP contribution in [0.25, 0.3) is 0 Å². The van der Waals surface area contributed by atoms with Gasteiger partial charge in [0, 0.05) is 18.9 Å². The number of carbonyl (C=O) groups excluding carboxylic acids is 1. The summed E-state index contributed by atoms with van der Waals surface area (Å²) in [5.41, 5.74) is -0.719. The van der Waals surface area contributed by atoms with Crippen LogP contribution in [0, 0.1) is 0 Å². The first-order chi connectivity index (χ1) is 7.11. The van der Waals surface area contributed by atoms with E-state index < -0.39 is 11.6 Å². The number of amides is 1. The first kappa shape index (κ1) is 8.34. The molecule has 78 valence electrons. The van der Waals surface area contributed by atoms with Crippen molar-refractivity contribution in [1.82, 2.24) is 4.98 Å². The third-order valence-electron chi connectivity index (χ3n) is 2.67. The molecule has 1 aliphatic heterocycles. The lowest BCUT2D eigenvalue weighted by Gasteiger charge is -2.22. The van der Waals surface area contributed by atoms with Crippen LogP contribution < -0.4 is 10.1 Å². The fourth-order valence-electron chi connectivity index (χ4n) is 1.65. The number of aromatic nitrogens is 1. The fourth-order valence-corrected chi connectivity index (χ4v) is 1.65. The van der Waals surface area contributed by atoms with Crippen LogP contribution in [0.5, 0.6) is 5.75 Å².